The molecule has 9 nitrogen and oxygen atoms in total. The number of furan rings is 1. The predicted molar refractivity (Wildman–Crippen MR) is 111 cm³/mol. The molecule has 0 spiro atoms. The Balaban J connectivity index is 1.24. The van der Waals surface area contributed by atoms with E-state index in [2.05, 4.69) is 20.2 Å². The van der Waals surface area contributed by atoms with Crippen molar-refractivity contribution >= 4 is 28.5 Å². The molecular formula is C21H24N6O3. The number of para-hydroxylation sites is 1. The molecule has 2 amide bonds. The molecule has 2 aromatic heterocycles. The Morgan fingerprint density at radius 3 is 2.63 bits per heavy atom. The third-order valence-corrected chi connectivity index (χ3v) is 5.14. The number of benzene rings is 1. The lowest BCUT2D eigenvalue weighted by Gasteiger charge is -2.34. The van der Waals surface area contributed by atoms with Crippen molar-refractivity contribution < 1.29 is 14.0 Å². The van der Waals surface area contributed by atoms with E-state index >= 15 is 0 Å². The van der Waals surface area contributed by atoms with Gasteiger partial charge in [0, 0.05) is 44.5 Å². The number of nitrogens with two attached hydrogens (primary N) is 1. The molecule has 1 aliphatic rings. The molecule has 1 saturated heterocycles. The monoisotopic (exact) mass is 408 g/mol. The standard InChI is InChI=1S/C21H24N6O3/c22-20-15-4-1-2-5-16(15)24-18(25-20)14-26-9-11-27(12-10-26)19(28)7-8-23-21(29)17-6-3-13-30-17/h1-6,13H,7-12,14H2,(H,23,29)(H2,22,24,25). The number of carbonyl (C=O) groups is 2. The molecular weight excluding hydrogens is 384 g/mol. The molecule has 156 valence electrons. The average Bonchev–Trinajstić information content (AvgIpc) is 3.29. The van der Waals surface area contributed by atoms with E-state index in [1.807, 2.05) is 29.2 Å². The van der Waals surface area contributed by atoms with Crippen molar-refractivity contribution in [1.29, 1.82) is 0 Å². The van der Waals surface area contributed by atoms with Gasteiger partial charge in [-0.1, -0.05) is 12.1 Å². The summed E-state index contributed by atoms with van der Waals surface area (Å²) >= 11 is 0. The smallest absolute Gasteiger partial charge is 0.286 e. The third-order valence-electron chi connectivity index (χ3n) is 5.14. The first-order valence-electron chi connectivity index (χ1n) is 9.93. The molecule has 4 rings (SSSR count). The fourth-order valence-electron chi connectivity index (χ4n) is 3.51. The topological polar surface area (TPSA) is 118 Å². The highest BCUT2D eigenvalue weighted by atomic mass is 16.3. The maximum Gasteiger partial charge on any atom is 0.286 e. The molecule has 9 heteroatoms. The van der Waals surface area contributed by atoms with Gasteiger partial charge in [-0.3, -0.25) is 14.5 Å². The predicted octanol–water partition coefficient (Wildman–Crippen LogP) is 1.27. The average molecular weight is 408 g/mol. The van der Waals surface area contributed by atoms with Crippen LogP contribution in [0.15, 0.2) is 47.1 Å². The second-order valence-electron chi connectivity index (χ2n) is 7.18. The van der Waals surface area contributed by atoms with E-state index in [0.717, 1.165) is 24.0 Å². The first-order valence-corrected chi connectivity index (χ1v) is 9.93. The molecule has 0 atom stereocenters. The molecule has 3 aromatic rings. The second kappa shape index (κ2) is 8.91. The van der Waals surface area contributed by atoms with Gasteiger partial charge in [-0.15, -0.1) is 0 Å². The van der Waals surface area contributed by atoms with Crippen molar-refractivity contribution in [3.8, 4) is 0 Å². The van der Waals surface area contributed by atoms with Crippen molar-refractivity contribution in [2.45, 2.75) is 13.0 Å². The number of piperazine rings is 1. The largest absolute Gasteiger partial charge is 0.459 e. The molecule has 0 saturated carbocycles. The van der Waals surface area contributed by atoms with Gasteiger partial charge >= 0.3 is 0 Å². The Morgan fingerprint density at radius 2 is 1.87 bits per heavy atom. The summed E-state index contributed by atoms with van der Waals surface area (Å²) in [6, 6.07) is 10.9. The number of nitrogen functional groups attached to an aromatic ring is 1. The summed E-state index contributed by atoms with van der Waals surface area (Å²) in [5.74, 6) is 1.13. The van der Waals surface area contributed by atoms with Crippen molar-refractivity contribution in [3.63, 3.8) is 0 Å². The van der Waals surface area contributed by atoms with Gasteiger partial charge in [-0.2, -0.15) is 0 Å². The second-order valence-corrected chi connectivity index (χ2v) is 7.18. The maximum atomic E-state index is 12.4. The van der Waals surface area contributed by atoms with E-state index in [9.17, 15) is 9.59 Å². The first kappa shape index (κ1) is 19.8. The molecule has 1 fully saturated rings. The van der Waals surface area contributed by atoms with Crippen LogP contribution in [-0.4, -0.2) is 64.3 Å². The van der Waals surface area contributed by atoms with Crippen LogP contribution in [-0.2, 0) is 11.3 Å². The van der Waals surface area contributed by atoms with Crippen LogP contribution in [0, 0.1) is 0 Å². The Hall–Kier alpha value is -3.46. The van der Waals surface area contributed by atoms with Crippen LogP contribution in [0.5, 0.6) is 0 Å². The highest BCUT2D eigenvalue weighted by Gasteiger charge is 2.22. The van der Waals surface area contributed by atoms with Gasteiger partial charge in [0.15, 0.2) is 5.76 Å². The van der Waals surface area contributed by atoms with Crippen LogP contribution >= 0.6 is 0 Å². The number of fused-ring (bicyclic) bond motifs is 1. The summed E-state index contributed by atoms with van der Waals surface area (Å²) in [5.41, 5.74) is 6.90. The maximum absolute atomic E-state index is 12.4. The Labute approximate surface area is 173 Å². The number of carbonyl (C=O) groups excluding carboxylic acids is 2. The quantitative estimate of drug-likeness (QED) is 0.631. The number of nitrogens with zero attached hydrogens (tertiary/aromatic N) is 4. The number of hydrogen-bond donors (Lipinski definition) is 2. The van der Waals surface area contributed by atoms with Gasteiger partial charge in [-0.05, 0) is 24.3 Å². The van der Waals surface area contributed by atoms with Gasteiger partial charge in [0.1, 0.15) is 11.6 Å². The SMILES string of the molecule is Nc1nc(CN2CCN(C(=O)CCNC(=O)c3ccco3)CC2)nc2ccccc12. The Bertz CT molecular complexity index is 1030. The number of aromatic nitrogens is 2. The Morgan fingerprint density at radius 1 is 1.07 bits per heavy atom. The van der Waals surface area contributed by atoms with Crippen LogP contribution in [0.2, 0.25) is 0 Å². The molecule has 0 radical (unpaired) electrons. The number of nitrogens with one attached hydrogen (secondary N) is 1. The van der Waals surface area contributed by atoms with Crippen molar-refractivity contribution in [2.24, 2.45) is 0 Å². The van der Waals surface area contributed by atoms with E-state index in [0.29, 0.717) is 31.3 Å². The van der Waals surface area contributed by atoms with Crippen LogP contribution in [0.3, 0.4) is 0 Å². The van der Waals surface area contributed by atoms with E-state index in [1.54, 1.807) is 12.1 Å². The zero-order valence-electron chi connectivity index (χ0n) is 16.6. The fraction of sp³-hybridized carbons (Fsp3) is 0.333. The van der Waals surface area contributed by atoms with E-state index in [-0.39, 0.29) is 30.5 Å². The van der Waals surface area contributed by atoms with Crippen LogP contribution in [0.1, 0.15) is 22.8 Å². The number of rotatable bonds is 6. The lowest BCUT2D eigenvalue weighted by Crippen LogP contribution is -2.49. The number of hydrogen-bond acceptors (Lipinski definition) is 7. The fourth-order valence-corrected chi connectivity index (χ4v) is 3.51. The summed E-state index contributed by atoms with van der Waals surface area (Å²) in [5, 5.41) is 3.55. The molecule has 3 heterocycles. The van der Waals surface area contributed by atoms with Crippen molar-refractivity contribution in [1.82, 2.24) is 25.1 Å². The van der Waals surface area contributed by atoms with Crippen molar-refractivity contribution in [3.05, 3.63) is 54.2 Å². The van der Waals surface area contributed by atoms with Gasteiger partial charge in [0.25, 0.3) is 5.91 Å². The first-order chi connectivity index (χ1) is 14.6. The molecule has 1 aromatic carbocycles. The summed E-state index contributed by atoms with van der Waals surface area (Å²) in [6.45, 7) is 3.61. The molecule has 0 unspecified atom stereocenters. The Kier molecular flexibility index (Phi) is 5.89. The summed E-state index contributed by atoms with van der Waals surface area (Å²) in [4.78, 5) is 37.3. The molecule has 0 bridgehead atoms. The number of amides is 2. The van der Waals surface area contributed by atoms with Crippen molar-refractivity contribution in [2.75, 3.05) is 38.5 Å². The summed E-state index contributed by atoms with van der Waals surface area (Å²) in [6.07, 6.45) is 1.70. The highest BCUT2D eigenvalue weighted by Crippen LogP contribution is 2.18. The van der Waals surface area contributed by atoms with Gasteiger partial charge in [0.05, 0.1) is 18.3 Å². The zero-order chi connectivity index (χ0) is 20.9. The molecule has 0 aliphatic carbocycles. The van der Waals surface area contributed by atoms with Gasteiger partial charge in [0.2, 0.25) is 5.91 Å². The summed E-state index contributed by atoms with van der Waals surface area (Å²) < 4.78 is 5.03. The van der Waals surface area contributed by atoms with E-state index in [1.165, 1.54) is 6.26 Å². The minimum atomic E-state index is -0.313. The molecule has 30 heavy (non-hydrogen) atoms. The lowest BCUT2D eigenvalue weighted by molar-refractivity contribution is -0.132. The van der Waals surface area contributed by atoms with Crippen LogP contribution < -0.4 is 11.1 Å². The minimum Gasteiger partial charge on any atom is -0.459 e. The molecule has 1 aliphatic heterocycles. The lowest BCUT2D eigenvalue weighted by atomic mass is 10.2. The zero-order valence-corrected chi connectivity index (χ0v) is 16.6. The number of anilines is 1. The third kappa shape index (κ3) is 4.57. The normalized spacial score (nSPS) is 14.7. The van der Waals surface area contributed by atoms with Gasteiger partial charge < -0.3 is 20.4 Å². The minimum absolute atomic E-state index is 0.0283. The van der Waals surface area contributed by atoms with Crippen LogP contribution in [0.25, 0.3) is 10.9 Å². The van der Waals surface area contributed by atoms with Crippen LogP contribution in [0.4, 0.5) is 5.82 Å². The van der Waals surface area contributed by atoms with Gasteiger partial charge in [-0.25, -0.2) is 9.97 Å². The summed E-state index contributed by atoms with van der Waals surface area (Å²) in [7, 11) is 0. The van der Waals surface area contributed by atoms with E-state index < -0.39 is 0 Å². The highest BCUT2D eigenvalue weighted by molar-refractivity contribution is 5.91. The molecule has 3 N–H and O–H groups in total. The van der Waals surface area contributed by atoms with E-state index in [4.69, 9.17) is 10.2 Å².